The third kappa shape index (κ3) is 4.34. The summed E-state index contributed by atoms with van der Waals surface area (Å²) < 4.78 is 32.2. The fraction of sp³-hybridized carbons (Fsp3) is 0.364. The minimum atomic E-state index is -3.95. The van der Waals surface area contributed by atoms with Crippen LogP contribution in [0.4, 0.5) is 0 Å². The van der Waals surface area contributed by atoms with Gasteiger partial charge in [-0.1, -0.05) is 11.6 Å². The third-order valence-electron chi connectivity index (χ3n) is 2.31. The van der Waals surface area contributed by atoms with Crippen LogP contribution in [0.5, 0.6) is 5.75 Å². The summed E-state index contributed by atoms with van der Waals surface area (Å²) >= 11 is 9.00. The van der Waals surface area contributed by atoms with E-state index < -0.39 is 22.0 Å². The number of halogens is 2. The summed E-state index contributed by atoms with van der Waals surface area (Å²) in [6.07, 6.45) is -0.330. The van der Waals surface area contributed by atoms with Crippen molar-refractivity contribution in [2.45, 2.75) is 24.3 Å². The van der Waals surface area contributed by atoms with Crippen LogP contribution in [-0.4, -0.2) is 32.6 Å². The maximum Gasteiger partial charge on any atom is 0.304 e. The lowest BCUT2D eigenvalue weighted by Crippen LogP contribution is -2.34. The topological polar surface area (TPSA) is 92.7 Å². The molecule has 0 heterocycles. The largest absolute Gasteiger partial charge is 0.494 e. The fourth-order valence-corrected chi connectivity index (χ4v) is 4.19. The highest BCUT2D eigenvalue weighted by Crippen LogP contribution is 2.35. The van der Waals surface area contributed by atoms with Crippen molar-refractivity contribution in [1.82, 2.24) is 4.72 Å². The highest BCUT2D eigenvalue weighted by Gasteiger charge is 2.25. The van der Waals surface area contributed by atoms with Crippen LogP contribution in [0.2, 0.25) is 5.02 Å². The first-order valence-electron chi connectivity index (χ1n) is 5.44. The van der Waals surface area contributed by atoms with Gasteiger partial charge in [0.15, 0.2) is 5.75 Å². The molecule has 0 fully saturated rings. The zero-order chi connectivity index (χ0) is 15.5. The first-order chi connectivity index (χ1) is 9.17. The summed E-state index contributed by atoms with van der Waals surface area (Å²) in [6, 6.07) is 1.97. The number of aliphatic carboxylic acids is 1. The number of sulfonamides is 1. The lowest BCUT2D eigenvalue weighted by atomic mass is 10.3. The van der Waals surface area contributed by atoms with Crippen LogP contribution in [0, 0.1) is 0 Å². The zero-order valence-corrected chi connectivity index (χ0v) is 13.8. The molecule has 0 aromatic heterocycles. The van der Waals surface area contributed by atoms with E-state index in [1.54, 1.807) is 0 Å². The number of ether oxygens (including phenoxy) is 1. The van der Waals surface area contributed by atoms with Gasteiger partial charge in [-0.3, -0.25) is 4.79 Å². The van der Waals surface area contributed by atoms with Crippen LogP contribution in [0.15, 0.2) is 21.5 Å². The predicted molar refractivity (Wildman–Crippen MR) is 77.7 cm³/mol. The number of carbonyl (C=O) groups is 1. The van der Waals surface area contributed by atoms with Crippen molar-refractivity contribution in [3.63, 3.8) is 0 Å². The molecule has 0 radical (unpaired) electrons. The quantitative estimate of drug-likeness (QED) is 0.782. The third-order valence-corrected chi connectivity index (χ3v) is 4.71. The fourth-order valence-electron chi connectivity index (χ4n) is 1.57. The SMILES string of the molecule is COc1c(Br)cc(Cl)cc1S(=O)(=O)NC(C)CC(=O)O. The Bertz CT molecular complexity index is 619. The number of carboxylic acids is 1. The second kappa shape index (κ2) is 6.75. The Balaban J connectivity index is 3.18. The lowest BCUT2D eigenvalue weighted by Gasteiger charge is -2.15. The van der Waals surface area contributed by atoms with E-state index in [4.69, 9.17) is 21.4 Å². The molecule has 112 valence electrons. The number of rotatable bonds is 6. The molecule has 2 N–H and O–H groups in total. The first-order valence-corrected chi connectivity index (χ1v) is 8.10. The summed E-state index contributed by atoms with van der Waals surface area (Å²) in [5, 5.41) is 8.86. The van der Waals surface area contributed by atoms with Crippen LogP contribution in [0.3, 0.4) is 0 Å². The van der Waals surface area contributed by atoms with Gasteiger partial charge < -0.3 is 9.84 Å². The molecular weight excluding hydrogens is 374 g/mol. The average Bonchev–Trinajstić information content (AvgIpc) is 2.25. The van der Waals surface area contributed by atoms with Crippen molar-refractivity contribution in [1.29, 1.82) is 0 Å². The van der Waals surface area contributed by atoms with Crippen molar-refractivity contribution < 1.29 is 23.1 Å². The molecule has 1 aromatic carbocycles. The van der Waals surface area contributed by atoms with E-state index in [1.807, 2.05) is 0 Å². The second-order valence-corrected chi connectivity index (χ2v) is 7.01. The maximum absolute atomic E-state index is 12.2. The second-order valence-electron chi connectivity index (χ2n) is 4.04. The molecule has 1 unspecified atom stereocenters. The number of hydrogen-bond acceptors (Lipinski definition) is 4. The number of hydrogen-bond donors (Lipinski definition) is 2. The minimum Gasteiger partial charge on any atom is -0.494 e. The molecular formula is C11H13BrClNO5S. The van der Waals surface area contributed by atoms with Gasteiger partial charge in [-0.2, -0.15) is 0 Å². The Morgan fingerprint density at radius 2 is 2.15 bits per heavy atom. The summed E-state index contributed by atoms with van der Waals surface area (Å²) in [5.74, 6) is -0.996. The Morgan fingerprint density at radius 3 is 2.65 bits per heavy atom. The number of nitrogens with one attached hydrogen (secondary N) is 1. The molecule has 0 aliphatic carbocycles. The van der Waals surface area contributed by atoms with Crippen molar-refractivity contribution in [2.24, 2.45) is 0 Å². The molecule has 0 saturated carbocycles. The molecule has 0 amide bonds. The Morgan fingerprint density at radius 1 is 1.55 bits per heavy atom. The van der Waals surface area contributed by atoms with Crippen molar-refractivity contribution >= 4 is 43.5 Å². The molecule has 0 saturated heterocycles. The molecule has 0 aliphatic heterocycles. The summed E-state index contributed by atoms with van der Waals surface area (Å²) in [6.45, 7) is 1.46. The average molecular weight is 387 g/mol. The van der Waals surface area contributed by atoms with Gasteiger partial charge >= 0.3 is 5.97 Å². The Labute approximate surface area is 130 Å². The maximum atomic E-state index is 12.2. The summed E-state index contributed by atoms with van der Waals surface area (Å²) in [5.41, 5.74) is 0. The van der Waals surface area contributed by atoms with Gasteiger partial charge in [0.05, 0.1) is 18.0 Å². The van der Waals surface area contributed by atoms with Crippen LogP contribution in [-0.2, 0) is 14.8 Å². The number of benzene rings is 1. The molecule has 0 bridgehead atoms. The van der Waals surface area contributed by atoms with Crippen LogP contribution < -0.4 is 9.46 Å². The summed E-state index contributed by atoms with van der Waals surface area (Å²) in [4.78, 5) is 10.4. The normalized spacial score (nSPS) is 13.0. The minimum absolute atomic E-state index is 0.101. The van der Waals surface area contributed by atoms with E-state index in [2.05, 4.69) is 20.7 Å². The molecule has 9 heteroatoms. The van der Waals surface area contributed by atoms with Gasteiger partial charge in [0.1, 0.15) is 4.90 Å². The van der Waals surface area contributed by atoms with Gasteiger partial charge in [-0.25, -0.2) is 13.1 Å². The highest BCUT2D eigenvalue weighted by molar-refractivity contribution is 9.10. The Kier molecular flexibility index (Phi) is 5.81. The highest BCUT2D eigenvalue weighted by atomic mass is 79.9. The Hall–Kier alpha value is -0.830. The van der Waals surface area contributed by atoms with E-state index in [9.17, 15) is 13.2 Å². The monoisotopic (exact) mass is 385 g/mol. The van der Waals surface area contributed by atoms with Crippen LogP contribution in [0.1, 0.15) is 13.3 Å². The predicted octanol–water partition coefficient (Wildman–Crippen LogP) is 2.25. The number of methoxy groups -OCH3 is 1. The molecule has 0 spiro atoms. The van der Waals surface area contributed by atoms with E-state index in [0.717, 1.165) is 0 Å². The van der Waals surface area contributed by atoms with Gasteiger partial charge in [0, 0.05) is 11.1 Å². The van der Waals surface area contributed by atoms with Crippen LogP contribution in [0.25, 0.3) is 0 Å². The lowest BCUT2D eigenvalue weighted by molar-refractivity contribution is -0.137. The molecule has 6 nitrogen and oxygen atoms in total. The van der Waals surface area contributed by atoms with E-state index in [-0.39, 0.29) is 22.1 Å². The molecule has 20 heavy (non-hydrogen) atoms. The summed E-state index contributed by atoms with van der Waals surface area (Å²) in [7, 11) is -2.62. The van der Waals surface area contributed by atoms with Crippen molar-refractivity contribution in [3.8, 4) is 5.75 Å². The van der Waals surface area contributed by atoms with Gasteiger partial charge in [0.2, 0.25) is 10.0 Å². The van der Waals surface area contributed by atoms with Gasteiger partial charge in [-0.05, 0) is 35.0 Å². The van der Waals surface area contributed by atoms with E-state index in [0.29, 0.717) is 4.47 Å². The molecule has 1 aromatic rings. The van der Waals surface area contributed by atoms with Gasteiger partial charge in [-0.15, -0.1) is 0 Å². The van der Waals surface area contributed by atoms with Crippen LogP contribution >= 0.6 is 27.5 Å². The molecule has 0 aliphatic rings. The smallest absolute Gasteiger partial charge is 0.304 e. The zero-order valence-electron chi connectivity index (χ0n) is 10.7. The van der Waals surface area contributed by atoms with E-state index >= 15 is 0 Å². The number of carboxylic acid groups (broad SMARTS) is 1. The standard InChI is InChI=1S/C11H13BrClNO5S/c1-6(3-10(15)16)14-20(17,18)9-5-7(13)4-8(12)11(9)19-2/h4-6,14H,3H2,1-2H3,(H,15,16). The van der Waals surface area contributed by atoms with Crippen molar-refractivity contribution in [3.05, 3.63) is 21.6 Å². The molecule has 1 rings (SSSR count). The van der Waals surface area contributed by atoms with E-state index in [1.165, 1.54) is 26.2 Å². The van der Waals surface area contributed by atoms with Gasteiger partial charge in [0.25, 0.3) is 0 Å². The molecule has 1 atom stereocenters. The first kappa shape index (κ1) is 17.2. The van der Waals surface area contributed by atoms with Crippen molar-refractivity contribution in [2.75, 3.05) is 7.11 Å².